The van der Waals surface area contributed by atoms with Crippen LogP contribution in [-0.4, -0.2) is 27.0 Å². The van der Waals surface area contributed by atoms with Gasteiger partial charge in [-0.25, -0.2) is 4.98 Å². The second-order valence-corrected chi connectivity index (χ2v) is 4.68. The molecule has 20 heavy (non-hydrogen) atoms. The lowest BCUT2D eigenvalue weighted by atomic mass is 10.2. The summed E-state index contributed by atoms with van der Waals surface area (Å²) in [4.78, 5) is 20.0. The molecular weight excluding hydrogens is 254 g/mol. The van der Waals surface area contributed by atoms with Gasteiger partial charge in [-0.05, 0) is 25.8 Å². The summed E-state index contributed by atoms with van der Waals surface area (Å²) in [6.45, 7) is 3.37. The fraction of sp³-hybridized carbons (Fsp3) is 0.357. The molecule has 0 aliphatic rings. The largest absolute Gasteiger partial charge is 0.398 e. The van der Waals surface area contributed by atoms with Crippen LogP contribution in [0.5, 0.6) is 0 Å². The zero-order chi connectivity index (χ0) is 14.4. The summed E-state index contributed by atoms with van der Waals surface area (Å²) in [5.41, 5.74) is 7.51. The molecule has 3 N–H and O–H groups in total. The van der Waals surface area contributed by atoms with Crippen molar-refractivity contribution in [2.24, 2.45) is 0 Å². The Bertz CT molecular complexity index is 565. The Kier molecular flexibility index (Phi) is 4.70. The van der Waals surface area contributed by atoms with Crippen LogP contribution in [0.2, 0.25) is 0 Å². The Hall–Kier alpha value is -2.37. The van der Waals surface area contributed by atoms with Crippen LogP contribution >= 0.6 is 0 Å². The number of nitrogens with two attached hydrogens (primary N) is 1. The van der Waals surface area contributed by atoms with E-state index >= 15 is 0 Å². The van der Waals surface area contributed by atoms with Crippen molar-refractivity contribution in [2.45, 2.75) is 26.3 Å². The smallest absolute Gasteiger partial charge is 0.254 e. The number of unbranched alkanes of at least 4 members (excludes halogenated alkanes) is 1. The van der Waals surface area contributed by atoms with Gasteiger partial charge < -0.3 is 15.6 Å². The van der Waals surface area contributed by atoms with Crippen LogP contribution in [0.1, 0.15) is 28.9 Å². The maximum atomic E-state index is 11.9. The van der Waals surface area contributed by atoms with Crippen molar-refractivity contribution < 1.29 is 4.79 Å². The minimum absolute atomic E-state index is 0.169. The number of nitrogens with zero attached hydrogens (tertiary/aromatic N) is 3. The van der Waals surface area contributed by atoms with Crippen LogP contribution in [0, 0.1) is 6.92 Å². The number of aromatic nitrogens is 3. The van der Waals surface area contributed by atoms with E-state index < -0.39 is 0 Å². The maximum Gasteiger partial charge on any atom is 0.254 e. The monoisotopic (exact) mass is 273 g/mol. The molecule has 6 heteroatoms. The van der Waals surface area contributed by atoms with Crippen LogP contribution in [0.4, 0.5) is 5.69 Å². The number of hydrogen-bond acceptors (Lipinski definition) is 4. The van der Waals surface area contributed by atoms with Gasteiger partial charge in [-0.2, -0.15) is 0 Å². The number of nitrogens with one attached hydrogen (secondary N) is 1. The molecule has 0 atom stereocenters. The van der Waals surface area contributed by atoms with Gasteiger partial charge in [0.2, 0.25) is 0 Å². The highest BCUT2D eigenvalue weighted by molar-refractivity contribution is 5.98. The summed E-state index contributed by atoms with van der Waals surface area (Å²) < 4.78 is 2.02. The molecule has 1 amide bonds. The number of carbonyl (C=O) groups excluding carboxylic acids is 1. The lowest BCUT2D eigenvalue weighted by Gasteiger charge is -2.08. The van der Waals surface area contributed by atoms with Crippen molar-refractivity contribution in [2.75, 3.05) is 12.3 Å². The zero-order valence-corrected chi connectivity index (χ0v) is 11.5. The average molecular weight is 273 g/mol. The number of amides is 1. The third-order valence-electron chi connectivity index (χ3n) is 3.01. The van der Waals surface area contributed by atoms with Crippen molar-refractivity contribution in [1.82, 2.24) is 19.9 Å². The van der Waals surface area contributed by atoms with Crippen LogP contribution in [-0.2, 0) is 6.54 Å². The predicted molar refractivity (Wildman–Crippen MR) is 77.2 cm³/mol. The van der Waals surface area contributed by atoms with E-state index in [2.05, 4.69) is 15.3 Å². The molecule has 2 aromatic heterocycles. The van der Waals surface area contributed by atoms with Gasteiger partial charge >= 0.3 is 0 Å². The molecule has 0 saturated carbocycles. The van der Waals surface area contributed by atoms with E-state index in [0.717, 1.165) is 25.1 Å². The first-order valence-electron chi connectivity index (χ1n) is 6.63. The Balaban J connectivity index is 1.72. The third kappa shape index (κ3) is 3.81. The minimum Gasteiger partial charge on any atom is -0.398 e. The number of imidazole rings is 1. The summed E-state index contributed by atoms with van der Waals surface area (Å²) in [5.74, 6) is -0.169. The van der Waals surface area contributed by atoms with E-state index in [9.17, 15) is 4.79 Å². The van der Waals surface area contributed by atoms with E-state index in [1.165, 1.54) is 6.20 Å². The average Bonchev–Trinajstić information content (AvgIpc) is 2.91. The molecule has 106 valence electrons. The maximum absolute atomic E-state index is 11.9. The summed E-state index contributed by atoms with van der Waals surface area (Å²) in [5, 5.41) is 2.86. The highest BCUT2D eigenvalue weighted by Gasteiger charge is 2.09. The van der Waals surface area contributed by atoms with Gasteiger partial charge in [0.25, 0.3) is 5.91 Å². The second kappa shape index (κ2) is 6.70. The molecule has 0 aliphatic heterocycles. The van der Waals surface area contributed by atoms with Crippen LogP contribution in [0.25, 0.3) is 0 Å². The molecule has 2 heterocycles. The number of hydrogen-bond donors (Lipinski definition) is 2. The van der Waals surface area contributed by atoms with Gasteiger partial charge in [0.05, 0.1) is 11.9 Å². The topological polar surface area (TPSA) is 85.8 Å². The molecule has 0 radical (unpaired) electrons. The van der Waals surface area contributed by atoms with Gasteiger partial charge in [0.1, 0.15) is 0 Å². The Morgan fingerprint density at radius 3 is 3.00 bits per heavy atom. The number of aryl methyl sites for hydroxylation is 2. The minimum atomic E-state index is -0.169. The molecule has 0 aliphatic carbocycles. The summed E-state index contributed by atoms with van der Waals surface area (Å²) in [7, 11) is 0. The number of carbonyl (C=O) groups is 1. The molecule has 6 nitrogen and oxygen atoms in total. The molecule has 0 bridgehead atoms. The second-order valence-electron chi connectivity index (χ2n) is 4.68. The van der Waals surface area contributed by atoms with Crippen LogP contribution in [0.3, 0.4) is 0 Å². The molecule has 0 aromatic carbocycles. The normalized spacial score (nSPS) is 10.4. The van der Waals surface area contributed by atoms with Crippen molar-refractivity contribution in [1.29, 1.82) is 0 Å². The Morgan fingerprint density at radius 2 is 2.30 bits per heavy atom. The van der Waals surface area contributed by atoms with E-state index in [1.54, 1.807) is 18.6 Å². The highest BCUT2D eigenvalue weighted by Crippen LogP contribution is 2.10. The molecule has 0 saturated heterocycles. The molecule has 2 rings (SSSR count). The summed E-state index contributed by atoms with van der Waals surface area (Å²) in [6.07, 6.45) is 8.89. The van der Waals surface area contributed by atoms with Gasteiger partial charge in [0, 0.05) is 43.1 Å². The first-order valence-corrected chi connectivity index (χ1v) is 6.63. The van der Waals surface area contributed by atoms with E-state index in [4.69, 9.17) is 5.73 Å². The van der Waals surface area contributed by atoms with E-state index in [0.29, 0.717) is 17.8 Å². The standard InChI is InChI=1S/C14H19N5O/c1-11-8-13(15)12(9-18-11)14(20)17-4-2-3-6-19-7-5-16-10-19/h5,7-10H,2-4,6H2,1H3,(H2,15,18)(H,17,20). The fourth-order valence-corrected chi connectivity index (χ4v) is 1.91. The van der Waals surface area contributed by atoms with Crippen molar-refractivity contribution in [3.63, 3.8) is 0 Å². The summed E-state index contributed by atoms with van der Waals surface area (Å²) in [6, 6.07) is 1.70. The lowest BCUT2D eigenvalue weighted by Crippen LogP contribution is -2.25. The first kappa shape index (κ1) is 14.0. The molecular formula is C14H19N5O. The van der Waals surface area contributed by atoms with Crippen LogP contribution < -0.4 is 11.1 Å². The quantitative estimate of drug-likeness (QED) is 0.778. The van der Waals surface area contributed by atoms with Gasteiger partial charge in [-0.1, -0.05) is 0 Å². The number of anilines is 1. The van der Waals surface area contributed by atoms with Gasteiger partial charge in [0.15, 0.2) is 0 Å². The summed E-state index contributed by atoms with van der Waals surface area (Å²) >= 11 is 0. The van der Waals surface area contributed by atoms with Crippen molar-refractivity contribution >= 4 is 11.6 Å². The number of nitrogen functional groups attached to an aromatic ring is 1. The van der Waals surface area contributed by atoms with E-state index in [1.807, 2.05) is 17.7 Å². The molecule has 0 fully saturated rings. The highest BCUT2D eigenvalue weighted by atomic mass is 16.1. The van der Waals surface area contributed by atoms with Gasteiger partial charge in [-0.3, -0.25) is 9.78 Å². The molecule has 0 unspecified atom stereocenters. The first-order chi connectivity index (χ1) is 9.66. The Morgan fingerprint density at radius 1 is 1.45 bits per heavy atom. The Labute approximate surface area is 118 Å². The van der Waals surface area contributed by atoms with Gasteiger partial charge in [-0.15, -0.1) is 0 Å². The van der Waals surface area contributed by atoms with Crippen LogP contribution in [0.15, 0.2) is 31.0 Å². The van der Waals surface area contributed by atoms with Crippen molar-refractivity contribution in [3.05, 3.63) is 42.2 Å². The van der Waals surface area contributed by atoms with Crippen molar-refractivity contribution in [3.8, 4) is 0 Å². The predicted octanol–water partition coefficient (Wildman–Crippen LogP) is 1.38. The zero-order valence-electron chi connectivity index (χ0n) is 11.5. The lowest BCUT2D eigenvalue weighted by molar-refractivity contribution is 0.0953. The molecule has 2 aromatic rings. The molecule has 0 spiro atoms. The van der Waals surface area contributed by atoms with E-state index in [-0.39, 0.29) is 5.91 Å². The number of pyridine rings is 1. The SMILES string of the molecule is Cc1cc(N)c(C(=O)NCCCCn2ccnc2)cn1. The number of rotatable bonds is 6. The third-order valence-corrected chi connectivity index (χ3v) is 3.01. The fourth-order valence-electron chi connectivity index (χ4n) is 1.91.